The van der Waals surface area contributed by atoms with E-state index in [-0.39, 0.29) is 17.9 Å². The summed E-state index contributed by atoms with van der Waals surface area (Å²) in [7, 11) is 0. The van der Waals surface area contributed by atoms with Crippen LogP contribution in [0.2, 0.25) is 0 Å². The van der Waals surface area contributed by atoms with Crippen molar-refractivity contribution < 1.29 is 9.59 Å². The third-order valence-corrected chi connectivity index (χ3v) is 3.86. The van der Waals surface area contributed by atoms with Crippen LogP contribution in [0.1, 0.15) is 64.1 Å². The van der Waals surface area contributed by atoms with Gasteiger partial charge < -0.3 is 14.8 Å². The first-order valence-corrected chi connectivity index (χ1v) is 7.86. The lowest BCUT2D eigenvalue weighted by Crippen LogP contribution is -2.41. The first-order chi connectivity index (χ1) is 10.4. The second kappa shape index (κ2) is 6.89. The van der Waals surface area contributed by atoms with Crippen LogP contribution in [-0.2, 0) is 16.1 Å². The molecule has 1 N–H and O–H groups in total. The Hall–Kier alpha value is -1.92. The largest absolute Gasteiger partial charge is 0.356 e. The minimum Gasteiger partial charge on any atom is -0.356 e. The van der Waals surface area contributed by atoms with Crippen molar-refractivity contribution in [2.75, 3.05) is 13.1 Å². The number of nitrogens with one attached hydrogen (secondary N) is 1. The molecule has 1 aliphatic rings. The molecule has 0 fully saturated rings. The lowest BCUT2D eigenvalue weighted by molar-refractivity contribution is -0.133. The molecule has 0 bridgehead atoms. The van der Waals surface area contributed by atoms with Crippen LogP contribution in [0.4, 0.5) is 0 Å². The normalized spacial score (nSPS) is 17.5. The van der Waals surface area contributed by atoms with Crippen LogP contribution in [-0.4, -0.2) is 44.6 Å². The number of aromatic nitrogens is 3. The number of carbonyl (C=O) groups is 2. The number of hydrogen-bond donors (Lipinski definition) is 1. The Labute approximate surface area is 131 Å². The fourth-order valence-electron chi connectivity index (χ4n) is 2.81. The Bertz CT molecular complexity index is 552. The van der Waals surface area contributed by atoms with Gasteiger partial charge in [-0.05, 0) is 13.3 Å². The lowest BCUT2D eigenvalue weighted by atomic mass is 10.1. The van der Waals surface area contributed by atoms with Crippen molar-refractivity contribution in [1.82, 2.24) is 25.0 Å². The maximum absolute atomic E-state index is 12.3. The van der Waals surface area contributed by atoms with E-state index in [1.165, 1.54) is 6.92 Å². The third-order valence-electron chi connectivity index (χ3n) is 3.86. The van der Waals surface area contributed by atoms with Crippen molar-refractivity contribution in [2.45, 2.75) is 59.0 Å². The van der Waals surface area contributed by atoms with Crippen LogP contribution < -0.4 is 5.32 Å². The summed E-state index contributed by atoms with van der Waals surface area (Å²) in [5.74, 6) is 2.22. The molecule has 22 heavy (non-hydrogen) atoms. The maximum atomic E-state index is 12.3. The second-order valence-electron chi connectivity index (χ2n) is 6.21. The van der Waals surface area contributed by atoms with Gasteiger partial charge in [0.15, 0.2) is 5.82 Å². The Kier molecular flexibility index (Phi) is 5.15. The molecule has 1 atom stereocenters. The van der Waals surface area contributed by atoms with Gasteiger partial charge in [0.2, 0.25) is 11.8 Å². The molecule has 0 unspecified atom stereocenters. The van der Waals surface area contributed by atoms with E-state index < -0.39 is 0 Å². The highest BCUT2D eigenvalue weighted by Crippen LogP contribution is 2.25. The van der Waals surface area contributed by atoms with E-state index in [4.69, 9.17) is 0 Å². The Balaban J connectivity index is 1.95. The molecule has 0 aliphatic carbocycles. The molecule has 1 aromatic rings. The van der Waals surface area contributed by atoms with Crippen molar-refractivity contribution >= 4 is 11.8 Å². The molecular formula is C15H25N5O2. The lowest BCUT2D eigenvalue weighted by Gasteiger charge is -2.33. The Morgan fingerprint density at radius 2 is 2.09 bits per heavy atom. The van der Waals surface area contributed by atoms with Gasteiger partial charge in [-0.3, -0.25) is 9.59 Å². The molecule has 122 valence electrons. The molecule has 0 saturated heterocycles. The predicted octanol–water partition coefficient (Wildman–Crippen LogP) is 1.22. The summed E-state index contributed by atoms with van der Waals surface area (Å²) in [6.07, 6.45) is 1.10. The minimum absolute atomic E-state index is 0.0617. The summed E-state index contributed by atoms with van der Waals surface area (Å²) >= 11 is 0. The number of fused-ring (bicyclic) bond motifs is 1. The number of hydrogen-bond acceptors (Lipinski definition) is 4. The van der Waals surface area contributed by atoms with Gasteiger partial charge in [0.25, 0.3) is 0 Å². The topological polar surface area (TPSA) is 80.1 Å². The summed E-state index contributed by atoms with van der Waals surface area (Å²) in [5.41, 5.74) is 0. The van der Waals surface area contributed by atoms with E-state index in [0.717, 1.165) is 11.6 Å². The molecule has 2 heterocycles. The van der Waals surface area contributed by atoms with Gasteiger partial charge in [-0.15, -0.1) is 10.2 Å². The second-order valence-corrected chi connectivity index (χ2v) is 6.21. The molecule has 7 heteroatoms. The predicted molar refractivity (Wildman–Crippen MR) is 82.2 cm³/mol. The van der Waals surface area contributed by atoms with E-state index in [2.05, 4.69) is 40.9 Å². The average Bonchev–Trinajstić information content (AvgIpc) is 2.87. The van der Waals surface area contributed by atoms with Gasteiger partial charge in [-0.25, -0.2) is 0 Å². The molecule has 1 aliphatic heterocycles. The van der Waals surface area contributed by atoms with E-state index in [9.17, 15) is 9.59 Å². The standard InChI is InChI=1S/C15H25N5O2/c1-10(2)15-18-17-13-9-19(8-11(3)20(13)15)14(22)6-5-7-16-12(4)21/h10-11H,5-9H2,1-4H3,(H,16,21)/t11-/m0/s1. The van der Waals surface area contributed by atoms with Crippen LogP contribution in [0, 0.1) is 0 Å². The van der Waals surface area contributed by atoms with Crippen molar-refractivity contribution in [3.8, 4) is 0 Å². The van der Waals surface area contributed by atoms with E-state index >= 15 is 0 Å². The fourth-order valence-corrected chi connectivity index (χ4v) is 2.81. The van der Waals surface area contributed by atoms with Crippen LogP contribution >= 0.6 is 0 Å². The number of nitrogens with zero attached hydrogens (tertiary/aromatic N) is 4. The van der Waals surface area contributed by atoms with Crippen molar-refractivity contribution in [3.63, 3.8) is 0 Å². The fraction of sp³-hybridized carbons (Fsp3) is 0.733. The van der Waals surface area contributed by atoms with Gasteiger partial charge in [0, 0.05) is 32.4 Å². The van der Waals surface area contributed by atoms with E-state index in [1.807, 2.05) is 4.90 Å². The van der Waals surface area contributed by atoms with Gasteiger partial charge in [-0.2, -0.15) is 0 Å². The van der Waals surface area contributed by atoms with Crippen LogP contribution in [0.25, 0.3) is 0 Å². The monoisotopic (exact) mass is 307 g/mol. The molecular weight excluding hydrogens is 282 g/mol. The molecule has 0 radical (unpaired) electrons. The SMILES string of the molecule is CC(=O)NCCCC(=O)N1Cc2nnc(C(C)C)n2[C@@H](C)C1. The molecule has 2 rings (SSSR count). The highest BCUT2D eigenvalue weighted by Gasteiger charge is 2.29. The van der Waals surface area contributed by atoms with Gasteiger partial charge in [0.1, 0.15) is 5.82 Å². The van der Waals surface area contributed by atoms with Gasteiger partial charge in [0.05, 0.1) is 12.6 Å². The quantitative estimate of drug-likeness (QED) is 0.830. The van der Waals surface area contributed by atoms with Crippen molar-refractivity contribution in [1.29, 1.82) is 0 Å². The Morgan fingerprint density at radius 3 is 2.73 bits per heavy atom. The molecule has 0 saturated carbocycles. The third kappa shape index (κ3) is 3.64. The first-order valence-electron chi connectivity index (χ1n) is 7.86. The summed E-state index contributed by atoms with van der Waals surface area (Å²) < 4.78 is 2.16. The molecule has 0 aromatic carbocycles. The van der Waals surface area contributed by atoms with Gasteiger partial charge >= 0.3 is 0 Å². The molecule has 0 spiro atoms. The first kappa shape index (κ1) is 16.5. The summed E-state index contributed by atoms with van der Waals surface area (Å²) in [4.78, 5) is 24.9. The summed E-state index contributed by atoms with van der Waals surface area (Å²) in [6.45, 7) is 9.51. The maximum Gasteiger partial charge on any atom is 0.223 e. The Morgan fingerprint density at radius 1 is 1.36 bits per heavy atom. The highest BCUT2D eigenvalue weighted by atomic mass is 16.2. The van der Waals surface area contributed by atoms with Crippen LogP contribution in [0.15, 0.2) is 0 Å². The van der Waals surface area contributed by atoms with Crippen LogP contribution in [0.3, 0.4) is 0 Å². The highest BCUT2D eigenvalue weighted by molar-refractivity contribution is 5.76. The van der Waals surface area contributed by atoms with Gasteiger partial charge in [-0.1, -0.05) is 13.8 Å². The zero-order valence-electron chi connectivity index (χ0n) is 13.8. The van der Waals surface area contributed by atoms with E-state index in [1.54, 1.807) is 0 Å². The zero-order valence-corrected chi connectivity index (χ0v) is 13.8. The van der Waals surface area contributed by atoms with E-state index in [0.29, 0.717) is 38.4 Å². The molecule has 1 aromatic heterocycles. The number of carbonyl (C=O) groups excluding carboxylic acids is 2. The molecule has 2 amide bonds. The summed E-state index contributed by atoms with van der Waals surface area (Å²) in [5, 5.41) is 11.2. The minimum atomic E-state index is -0.0617. The smallest absolute Gasteiger partial charge is 0.223 e. The van der Waals surface area contributed by atoms with Crippen LogP contribution in [0.5, 0.6) is 0 Å². The molecule has 7 nitrogen and oxygen atoms in total. The van der Waals surface area contributed by atoms with Crippen molar-refractivity contribution in [2.24, 2.45) is 0 Å². The number of amides is 2. The van der Waals surface area contributed by atoms with Crippen molar-refractivity contribution in [3.05, 3.63) is 11.6 Å². The zero-order chi connectivity index (χ0) is 16.3. The average molecular weight is 307 g/mol. The number of rotatable bonds is 5. The summed E-state index contributed by atoms with van der Waals surface area (Å²) in [6, 6.07) is 0.190.